The first-order valence-corrected chi connectivity index (χ1v) is 4.98. The van der Waals surface area contributed by atoms with Crippen LogP contribution in [-0.4, -0.2) is 0 Å². The quantitative estimate of drug-likeness (QED) is 0.611. The van der Waals surface area contributed by atoms with Crippen molar-refractivity contribution in [2.24, 2.45) is 11.3 Å². The molecule has 70 valence electrons. The minimum absolute atomic E-state index is 0.198. The van der Waals surface area contributed by atoms with Crippen LogP contribution in [0.15, 0.2) is 0 Å². The Labute approximate surface area is 76.8 Å². The van der Waals surface area contributed by atoms with Crippen molar-refractivity contribution < 1.29 is 0 Å². The minimum atomic E-state index is 0.198. The Morgan fingerprint density at radius 1 is 1.33 bits per heavy atom. The highest BCUT2D eigenvalue weighted by molar-refractivity contribution is 4.92. The fourth-order valence-corrected chi connectivity index (χ4v) is 1.28. The number of hydrogen-bond acceptors (Lipinski definition) is 1. The molecule has 0 spiro atoms. The normalized spacial score (nSPS) is 13.9. The van der Waals surface area contributed by atoms with Crippen LogP contribution in [0.3, 0.4) is 0 Å². The smallest absolute Gasteiger partial charge is 0.0661 e. The summed E-state index contributed by atoms with van der Waals surface area (Å²) in [6.07, 6.45) is 4.53. The summed E-state index contributed by atoms with van der Waals surface area (Å²) in [4.78, 5) is 0. The molecule has 12 heavy (non-hydrogen) atoms. The van der Waals surface area contributed by atoms with E-state index in [9.17, 15) is 0 Å². The summed E-state index contributed by atoms with van der Waals surface area (Å²) in [5.41, 5.74) is 0.198. The lowest BCUT2D eigenvalue weighted by Gasteiger charge is -2.28. The van der Waals surface area contributed by atoms with E-state index in [1.165, 1.54) is 12.8 Å². The molecule has 0 saturated heterocycles. The van der Waals surface area contributed by atoms with Gasteiger partial charge < -0.3 is 0 Å². The van der Waals surface area contributed by atoms with Crippen molar-refractivity contribution in [1.82, 2.24) is 0 Å². The standard InChI is InChI=1S/C11H21N/c1-5-7-8-10(9-12)11(3,4)6-2/h10H,5-8H2,1-4H3. The Hall–Kier alpha value is -0.510. The molecular formula is C11H21N. The van der Waals surface area contributed by atoms with E-state index in [1.807, 2.05) is 0 Å². The van der Waals surface area contributed by atoms with Crippen LogP contribution in [0.1, 0.15) is 53.4 Å². The Morgan fingerprint density at radius 2 is 1.92 bits per heavy atom. The SMILES string of the molecule is CCCCC(C#N)C(C)(C)CC. The van der Waals surface area contributed by atoms with Crippen molar-refractivity contribution >= 4 is 0 Å². The van der Waals surface area contributed by atoms with Gasteiger partial charge in [-0.15, -0.1) is 0 Å². The van der Waals surface area contributed by atoms with Crippen molar-refractivity contribution in [3.8, 4) is 6.07 Å². The molecule has 0 bridgehead atoms. The summed E-state index contributed by atoms with van der Waals surface area (Å²) >= 11 is 0. The molecule has 0 rings (SSSR count). The first kappa shape index (κ1) is 11.5. The summed E-state index contributed by atoms with van der Waals surface area (Å²) in [6, 6.07) is 2.43. The van der Waals surface area contributed by atoms with E-state index in [0.29, 0.717) is 0 Å². The van der Waals surface area contributed by atoms with Crippen LogP contribution >= 0.6 is 0 Å². The number of rotatable bonds is 5. The Balaban J connectivity index is 4.07. The summed E-state index contributed by atoms with van der Waals surface area (Å²) < 4.78 is 0. The first-order valence-electron chi connectivity index (χ1n) is 4.98. The van der Waals surface area contributed by atoms with Crippen molar-refractivity contribution in [2.75, 3.05) is 0 Å². The fourth-order valence-electron chi connectivity index (χ4n) is 1.28. The molecule has 0 aliphatic carbocycles. The van der Waals surface area contributed by atoms with E-state index in [-0.39, 0.29) is 11.3 Å². The lowest BCUT2D eigenvalue weighted by atomic mass is 9.75. The Bertz CT molecular complexity index is 153. The maximum Gasteiger partial charge on any atom is 0.0661 e. The molecule has 1 atom stereocenters. The molecule has 0 aliphatic rings. The van der Waals surface area contributed by atoms with Crippen molar-refractivity contribution in [3.05, 3.63) is 0 Å². The zero-order chi connectivity index (χ0) is 9.61. The minimum Gasteiger partial charge on any atom is -0.198 e. The monoisotopic (exact) mass is 167 g/mol. The summed E-state index contributed by atoms with van der Waals surface area (Å²) in [5, 5.41) is 8.97. The molecular weight excluding hydrogens is 146 g/mol. The third-order valence-corrected chi connectivity index (χ3v) is 2.86. The predicted octanol–water partition coefficient (Wildman–Crippen LogP) is 3.75. The molecule has 1 heteroatoms. The summed E-state index contributed by atoms with van der Waals surface area (Å²) in [5.74, 6) is 0.238. The van der Waals surface area contributed by atoms with E-state index < -0.39 is 0 Å². The average Bonchev–Trinajstić information content (AvgIpc) is 2.05. The third-order valence-electron chi connectivity index (χ3n) is 2.86. The van der Waals surface area contributed by atoms with Gasteiger partial charge in [0.2, 0.25) is 0 Å². The molecule has 0 heterocycles. The second-order valence-electron chi connectivity index (χ2n) is 4.17. The molecule has 0 amide bonds. The van der Waals surface area contributed by atoms with Gasteiger partial charge in [0.25, 0.3) is 0 Å². The van der Waals surface area contributed by atoms with Gasteiger partial charge in [0.05, 0.1) is 12.0 Å². The Morgan fingerprint density at radius 3 is 2.25 bits per heavy atom. The highest BCUT2D eigenvalue weighted by Crippen LogP contribution is 2.33. The van der Waals surface area contributed by atoms with E-state index in [4.69, 9.17) is 5.26 Å². The molecule has 0 N–H and O–H groups in total. The average molecular weight is 167 g/mol. The number of unbranched alkanes of at least 4 members (excludes halogenated alkanes) is 1. The maximum absolute atomic E-state index is 8.97. The van der Waals surface area contributed by atoms with Crippen LogP contribution in [0.25, 0.3) is 0 Å². The summed E-state index contributed by atoms with van der Waals surface area (Å²) in [7, 11) is 0. The zero-order valence-corrected chi connectivity index (χ0v) is 8.85. The van der Waals surface area contributed by atoms with E-state index >= 15 is 0 Å². The second kappa shape index (κ2) is 5.19. The number of nitrogens with zero attached hydrogens (tertiary/aromatic N) is 1. The van der Waals surface area contributed by atoms with Gasteiger partial charge in [-0.2, -0.15) is 5.26 Å². The van der Waals surface area contributed by atoms with Crippen molar-refractivity contribution in [1.29, 1.82) is 5.26 Å². The van der Waals surface area contributed by atoms with Crippen LogP contribution in [0.5, 0.6) is 0 Å². The predicted molar refractivity (Wildman–Crippen MR) is 52.7 cm³/mol. The molecule has 1 unspecified atom stereocenters. The number of hydrogen-bond donors (Lipinski definition) is 0. The van der Waals surface area contributed by atoms with E-state index in [0.717, 1.165) is 12.8 Å². The second-order valence-corrected chi connectivity index (χ2v) is 4.17. The van der Waals surface area contributed by atoms with Gasteiger partial charge in [0.15, 0.2) is 0 Å². The van der Waals surface area contributed by atoms with Crippen LogP contribution in [-0.2, 0) is 0 Å². The van der Waals surface area contributed by atoms with Crippen LogP contribution in [0, 0.1) is 22.7 Å². The molecule has 0 radical (unpaired) electrons. The fraction of sp³-hybridized carbons (Fsp3) is 0.909. The maximum atomic E-state index is 8.97. The molecule has 0 aromatic heterocycles. The zero-order valence-electron chi connectivity index (χ0n) is 8.85. The van der Waals surface area contributed by atoms with Crippen LogP contribution in [0.4, 0.5) is 0 Å². The highest BCUT2D eigenvalue weighted by atomic mass is 14.4. The topological polar surface area (TPSA) is 23.8 Å². The van der Waals surface area contributed by atoms with Gasteiger partial charge >= 0.3 is 0 Å². The first-order chi connectivity index (χ1) is 5.58. The number of nitriles is 1. The molecule has 0 aromatic rings. The largest absolute Gasteiger partial charge is 0.198 e. The van der Waals surface area contributed by atoms with Crippen LogP contribution in [0.2, 0.25) is 0 Å². The van der Waals surface area contributed by atoms with E-state index in [2.05, 4.69) is 33.8 Å². The molecule has 1 nitrogen and oxygen atoms in total. The van der Waals surface area contributed by atoms with Gasteiger partial charge in [-0.05, 0) is 18.3 Å². The lowest BCUT2D eigenvalue weighted by molar-refractivity contribution is 0.239. The molecule has 0 aliphatic heterocycles. The van der Waals surface area contributed by atoms with Gasteiger partial charge in [-0.25, -0.2) is 0 Å². The van der Waals surface area contributed by atoms with Gasteiger partial charge in [-0.3, -0.25) is 0 Å². The highest BCUT2D eigenvalue weighted by Gasteiger charge is 2.26. The molecule has 0 fully saturated rings. The Kier molecular flexibility index (Phi) is 4.97. The molecule has 0 aromatic carbocycles. The van der Waals surface area contributed by atoms with Crippen molar-refractivity contribution in [3.63, 3.8) is 0 Å². The third kappa shape index (κ3) is 3.26. The molecule has 0 saturated carbocycles. The lowest BCUT2D eigenvalue weighted by Crippen LogP contribution is -2.21. The van der Waals surface area contributed by atoms with Crippen LogP contribution < -0.4 is 0 Å². The summed E-state index contributed by atoms with van der Waals surface area (Å²) in [6.45, 7) is 8.72. The van der Waals surface area contributed by atoms with E-state index in [1.54, 1.807) is 0 Å². The van der Waals surface area contributed by atoms with Gasteiger partial charge in [0.1, 0.15) is 0 Å². The van der Waals surface area contributed by atoms with Gasteiger partial charge in [0, 0.05) is 0 Å². The van der Waals surface area contributed by atoms with Crippen molar-refractivity contribution in [2.45, 2.75) is 53.4 Å². The van der Waals surface area contributed by atoms with Gasteiger partial charge in [-0.1, -0.05) is 40.5 Å².